The van der Waals surface area contributed by atoms with E-state index in [9.17, 15) is 16.8 Å². The van der Waals surface area contributed by atoms with E-state index in [0.717, 1.165) is 9.79 Å². The highest BCUT2D eigenvalue weighted by Gasteiger charge is 2.33. The van der Waals surface area contributed by atoms with Crippen LogP contribution in [-0.2, 0) is 29.5 Å². The van der Waals surface area contributed by atoms with Gasteiger partial charge in [-0.25, -0.2) is 16.8 Å². The normalized spacial score (nSPS) is 27.1. The average Bonchev–Trinajstić information content (AvgIpc) is 2.78. The first-order valence-corrected chi connectivity index (χ1v) is 15.3. The molecule has 2 aliphatic rings. The van der Waals surface area contributed by atoms with Gasteiger partial charge in [-0.05, 0) is 76.2 Å². The summed E-state index contributed by atoms with van der Waals surface area (Å²) in [6.45, 7) is 8.82. The molecule has 35 heavy (non-hydrogen) atoms. The van der Waals surface area contributed by atoms with Crippen molar-refractivity contribution in [2.45, 2.75) is 71.7 Å². The van der Waals surface area contributed by atoms with Gasteiger partial charge in [-0.15, -0.1) is 0 Å². The number of nitrogens with zero attached hydrogens (tertiary/aromatic N) is 2. The van der Waals surface area contributed by atoms with Gasteiger partial charge in [-0.2, -0.15) is 8.61 Å². The molecule has 192 valence electrons. The number of sulfonamides is 2. The lowest BCUT2D eigenvalue weighted by Crippen LogP contribution is -2.48. The Morgan fingerprint density at radius 1 is 0.600 bits per heavy atom. The van der Waals surface area contributed by atoms with Crippen LogP contribution >= 0.6 is 11.8 Å². The second-order valence-electron chi connectivity index (χ2n) is 9.20. The molecule has 0 aliphatic carbocycles. The molecule has 0 bridgehead atoms. The number of ether oxygens (including phenoxy) is 2. The Bertz CT molecular complexity index is 1120. The van der Waals surface area contributed by atoms with Crippen LogP contribution in [0.5, 0.6) is 0 Å². The van der Waals surface area contributed by atoms with E-state index in [1.165, 1.54) is 20.4 Å². The van der Waals surface area contributed by atoms with E-state index in [1.54, 1.807) is 48.5 Å². The summed E-state index contributed by atoms with van der Waals surface area (Å²) < 4.78 is 66.4. The number of hydrogen-bond donors (Lipinski definition) is 0. The van der Waals surface area contributed by atoms with Crippen LogP contribution in [0, 0.1) is 0 Å². The Labute approximate surface area is 212 Å². The Hall–Kier alpha value is -1.47. The van der Waals surface area contributed by atoms with Crippen molar-refractivity contribution in [1.82, 2.24) is 8.61 Å². The van der Waals surface area contributed by atoms with Gasteiger partial charge in [0.15, 0.2) is 0 Å². The van der Waals surface area contributed by atoms with Crippen molar-refractivity contribution < 1.29 is 26.3 Å². The molecule has 2 heterocycles. The van der Waals surface area contributed by atoms with Gasteiger partial charge in [0.05, 0.1) is 34.2 Å². The van der Waals surface area contributed by atoms with Crippen LogP contribution in [0.25, 0.3) is 0 Å². The second kappa shape index (κ2) is 10.5. The minimum absolute atomic E-state index is 0.148. The first-order valence-electron chi connectivity index (χ1n) is 11.6. The van der Waals surface area contributed by atoms with E-state index in [0.29, 0.717) is 26.2 Å². The molecule has 2 aromatic carbocycles. The molecule has 2 saturated heterocycles. The molecule has 0 saturated carbocycles. The average molecular weight is 541 g/mol. The monoisotopic (exact) mass is 540 g/mol. The van der Waals surface area contributed by atoms with Gasteiger partial charge in [0.1, 0.15) is 0 Å². The van der Waals surface area contributed by atoms with Crippen molar-refractivity contribution in [3.63, 3.8) is 0 Å². The molecule has 2 fully saturated rings. The smallest absolute Gasteiger partial charge is 0.243 e. The third-order valence-electron chi connectivity index (χ3n) is 5.93. The molecule has 0 spiro atoms. The Morgan fingerprint density at radius 2 is 0.886 bits per heavy atom. The van der Waals surface area contributed by atoms with Crippen LogP contribution in [0.4, 0.5) is 0 Å². The molecule has 11 heteroatoms. The van der Waals surface area contributed by atoms with Gasteiger partial charge >= 0.3 is 0 Å². The fourth-order valence-electron chi connectivity index (χ4n) is 4.45. The number of rotatable bonds is 6. The molecular weight excluding hydrogens is 508 g/mol. The summed E-state index contributed by atoms with van der Waals surface area (Å²) in [6.07, 6.45) is -0.592. The van der Waals surface area contributed by atoms with Crippen LogP contribution in [0.15, 0.2) is 68.1 Å². The molecular formula is C24H32N2O6S3. The quantitative estimate of drug-likeness (QED) is 0.554. The maximum atomic E-state index is 13.0. The van der Waals surface area contributed by atoms with Crippen LogP contribution in [0.1, 0.15) is 27.7 Å². The Kier molecular flexibility index (Phi) is 7.97. The van der Waals surface area contributed by atoms with E-state index in [2.05, 4.69) is 0 Å². The molecule has 8 nitrogen and oxygen atoms in total. The van der Waals surface area contributed by atoms with Gasteiger partial charge < -0.3 is 9.47 Å². The van der Waals surface area contributed by atoms with Crippen molar-refractivity contribution in [2.24, 2.45) is 0 Å². The van der Waals surface area contributed by atoms with Gasteiger partial charge in [-0.3, -0.25) is 0 Å². The van der Waals surface area contributed by atoms with E-state index in [4.69, 9.17) is 9.47 Å². The standard InChI is InChI=1S/C24H32N2O6S3/c1-17-13-25(14-18(2)31-17)34(27,28)23-9-5-21(6-10-23)33-22-7-11-24(12-8-22)35(29,30)26-15-19(3)32-20(4)16-26/h5-12,17-20H,13-16H2,1-4H3/t17-,18+,19-,20+. The summed E-state index contributed by atoms with van der Waals surface area (Å²) in [6, 6.07) is 13.5. The van der Waals surface area contributed by atoms with Gasteiger partial charge in [0, 0.05) is 36.0 Å². The molecule has 0 amide bonds. The summed E-state index contributed by atoms with van der Waals surface area (Å²) in [5.74, 6) is 0. The number of benzene rings is 2. The summed E-state index contributed by atoms with van der Waals surface area (Å²) in [5, 5.41) is 0. The van der Waals surface area contributed by atoms with Crippen molar-refractivity contribution in [2.75, 3.05) is 26.2 Å². The molecule has 0 aromatic heterocycles. The first kappa shape index (κ1) is 26.6. The molecule has 4 atom stereocenters. The lowest BCUT2D eigenvalue weighted by atomic mass is 10.3. The fraction of sp³-hybridized carbons (Fsp3) is 0.500. The van der Waals surface area contributed by atoms with Crippen LogP contribution in [-0.4, -0.2) is 76.0 Å². The van der Waals surface area contributed by atoms with E-state index < -0.39 is 20.0 Å². The van der Waals surface area contributed by atoms with Crippen molar-refractivity contribution in [3.05, 3.63) is 48.5 Å². The van der Waals surface area contributed by atoms with Crippen molar-refractivity contribution >= 4 is 31.8 Å². The SMILES string of the molecule is C[C@@H]1CN(S(=O)(=O)c2ccc(Sc3ccc(S(=O)(=O)N4C[C@@H](C)O[C@@H](C)C4)cc3)cc2)C[C@H](C)O1. The van der Waals surface area contributed by atoms with E-state index in [1.807, 2.05) is 27.7 Å². The predicted octanol–water partition coefficient (Wildman–Crippen LogP) is 3.43. The summed E-state index contributed by atoms with van der Waals surface area (Å²) in [7, 11) is -7.19. The number of morpholine rings is 2. The maximum Gasteiger partial charge on any atom is 0.243 e. The summed E-state index contributed by atoms with van der Waals surface area (Å²) >= 11 is 1.44. The highest BCUT2D eigenvalue weighted by atomic mass is 32.2. The second-order valence-corrected chi connectivity index (χ2v) is 14.2. The molecule has 0 unspecified atom stereocenters. The zero-order chi connectivity index (χ0) is 25.4. The highest BCUT2D eigenvalue weighted by Crippen LogP contribution is 2.31. The lowest BCUT2D eigenvalue weighted by molar-refractivity contribution is -0.0442. The van der Waals surface area contributed by atoms with Gasteiger partial charge in [-0.1, -0.05) is 11.8 Å². The van der Waals surface area contributed by atoms with E-state index in [-0.39, 0.29) is 34.2 Å². The first-order chi connectivity index (χ1) is 16.4. The maximum absolute atomic E-state index is 13.0. The van der Waals surface area contributed by atoms with Crippen molar-refractivity contribution in [1.29, 1.82) is 0 Å². The highest BCUT2D eigenvalue weighted by molar-refractivity contribution is 7.99. The van der Waals surface area contributed by atoms with Gasteiger partial charge in [0.25, 0.3) is 0 Å². The largest absolute Gasteiger partial charge is 0.373 e. The topological polar surface area (TPSA) is 93.2 Å². The van der Waals surface area contributed by atoms with Crippen LogP contribution in [0.2, 0.25) is 0 Å². The van der Waals surface area contributed by atoms with E-state index >= 15 is 0 Å². The number of hydrogen-bond acceptors (Lipinski definition) is 7. The molecule has 2 aromatic rings. The predicted molar refractivity (Wildman–Crippen MR) is 135 cm³/mol. The minimum Gasteiger partial charge on any atom is -0.373 e. The minimum atomic E-state index is -3.59. The fourth-order valence-corrected chi connectivity index (χ4v) is 8.45. The summed E-state index contributed by atoms with van der Waals surface area (Å²) in [4.78, 5) is 2.22. The Morgan fingerprint density at radius 3 is 1.17 bits per heavy atom. The summed E-state index contributed by atoms with van der Waals surface area (Å²) in [5.41, 5.74) is 0. The van der Waals surface area contributed by atoms with Crippen LogP contribution in [0.3, 0.4) is 0 Å². The molecule has 4 rings (SSSR count). The van der Waals surface area contributed by atoms with Crippen molar-refractivity contribution in [3.8, 4) is 0 Å². The lowest BCUT2D eigenvalue weighted by Gasteiger charge is -2.34. The third kappa shape index (κ3) is 6.10. The molecule has 0 radical (unpaired) electrons. The molecule has 2 aliphatic heterocycles. The third-order valence-corrected chi connectivity index (χ3v) is 10.6. The molecule has 0 N–H and O–H groups in total. The zero-order valence-electron chi connectivity index (χ0n) is 20.3. The van der Waals surface area contributed by atoms with Gasteiger partial charge in [0.2, 0.25) is 20.0 Å². The van der Waals surface area contributed by atoms with Crippen LogP contribution < -0.4 is 0 Å². The Balaban J connectivity index is 1.44. The zero-order valence-corrected chi connectivity index (χ0v) is 22.8.